The van der Waals surface area contributed by atoms with Crippen molar-refractivity contribution >= 4 is 21.2 Å². The van der Waals surface area contributed by atoms with Crippen LogP contribution in [0.4, 0.5) is 0 Å². The molecule has 0 heterocycles. The predicted molar refractivity (Wildman–Crippen MR) is 24.3 cm³/mol. The van der Waals surface area contributed by atoms with Crippen molar-refractivity contribution in [3.05, 3.63) is 0 Å². The first-order valence-corrected chi connectivity index (χ1v) is 2.54. The molecule has 0 radical (unpaired) electrons. The van der Waals surface area contributed by atoms with E-state index in [4.69, 9.17) is 0 Å². The Morgan fingerprint density at radius 3 is 2.25 bits per heavy atom. The largest absolute Gasteiger partial charge is 0.204 e. The molecule has 24 valence electrons. The van der Waals surface area contributed by atoms with Gasteiger partial charge < -0.3 is 0 Å². The van der Waals surface area contributed by atoms with Crippen LogP contribution in [0.3, 0.4) is 0 Å². The minimum absolute atomic E-state index is 0.988. The van der Waals surface area contributed by atoms with Gasteiger partial charge in [-0.3, -0.25) is 0 Å². The zero-order valence-corrected chi connectivity index (χ0v) is 4.13. The molecule has 0 aliphatic rings. The molecule has 0 spiro atoms. The van der Waals surface area contributed by atoms with E-state index >= 15 is 0 Å². The van der Waals surface area contributed by atoms with E-state index in [1.807, 2.05) is 6.66 Å². The maximum Gasteiger partial charge on any atom is 0.0145 e. The van der Waals surface area contributed by atoms with E-state index in [2.05, 4.69) is 17.0 Å². The highest BCUT2D eigenvalue weighted by Gasteiger charge is 1.35. The fourth-order valence-corrected chi connectivity index (χ4v) is 0. The molecule has 0 rings (SSSR count). The minimum atomic E-state index is 0.988. The van der Waals surface area contributed by atoms with Crippen LogP contribution < -0.4 is 0 Å². The molecule has 3 heteroatoms. The SMILES string of the molecule is CP=NS. The van der Waals surface area contributed by atoms with Gasteiger partial charge in [0.25, 0.3) is 0 Å². The zero-order valence-electron chi connectivity index (χ0n) is 2.34. The summed E-state index contributed by atoms with van der Waals surface area (Å²) >= 11 is 3.53. The highest BCUT2D eigenvalue weighted by molar-refractivity contribution is 7.81. The summed E-state index contributed by atoms with van der Waals surface area (Å²) in [5, 5.41) is 0. The molecule has 0 bridgehead atoms. The Bertz CT molecular complexity index is 23.2. The quantitative estimate of drug-likeness (QED) is 0.345. The second kappa shape index (κ2) is 3.45. The fraction of sp³-hybridized carbons (Fsp3) is 1.00. The molecule has 0 saturated heterocycles. The second-order valence-corrected chi connectivity index (χ2v) is 1.40. The maximum absolute atomic E-state index is 3.53. The molecule has 0 aromatic heterocycles. The van der Waals surface area contributed by atoms with Gasteiger partial charge in [-0.2, -0.15) is 0 Å². The Kier molecular flexibility index (Phi) is 3.84. The second-order valence-electron chi connectivity index (χ2n) is 0.289. The van der Waals surface area contributed by atoms with Crippen LogP contribution in [0.2, 0.25) is 0 Å². The van der Waals surface area contributed by atoms with Crippen molar-refractivity contribution in [2.24, 2.45) is 4.15 Å². The van der Waals surface area contributed by atoms with Crippen LogP contribution in [-0.4, -0.2) is 6.66 Å². The Hall–Kier alpha value is 0.450. The standard InChI is InChI=1S/CH4NPS/c1-3-2-4/h4H,1H3. The van der Waals surface area contributed by atoms with E-state index in [1.54, 1.807) is 0 Å². The van der Waals surface area contributed by atoms with E-state index in [0.29, 0.717) is 0 Å². The van der Waals surface area contributed by atoms with Crippen molar-refractivity contribution in [3.8, 4) is 0 Å². The summed E-state index contributed by atoms with van der Waals surface area (Å²) in [5.74, 6) is 0. The Morgan fingerprint density at radius 1 is 2.00 bits per heavy atom. The van der Waals surface area contributed by atoms with Crippen LogP contribution in [0.1, 0.15) is 0 Å². The molecule has 0 aromatic carbocycles. The molecular weight excluding hydrogens is 89.1 g/mol. The molecule has 0 fully saturated rings. The third-order valence-electron chi connectivity index (χ3n) is 0.0894. The minimum Gasteiger partial charge on any atom is -0.204 e. The lowest BCUT2D eigenvalue weighted by Crippen LogP contribution is -1.06. The average Bonchev–Trinajstić information content (AvgIpc) is 1.37. The summed E-state index contributed by atoms with van der Waals surface area (Å²) in [7, 11) is 0.988. The molecule has 0 aromatic rings. The van der Waals surface area contributed by atoms with Crippen LogP contribution in [0, 0.1) is 0 Å². The van der Waals surface area contributed by atoms with E-state index < -0.39 is 0 Å². The molecule has 0 aliphatic carbocycles. The van der Waals surface area contributed by atoms with Crippen LogP contribution in [-0.2, 0) is 0 Å². The van der Waals surface area contributed by atoms with E-state index in [-0.39, 0.29) is 0 Å². The fourth-order valence-electron chi connectivity index (χ4n) is 0. The third kappa shape index (κ3) is 2.45. The summed E-state index contributed by atoms with van der Waals surface area (Å²) in [6.45, 7) is 1.91. The lowest BCUT2D eigenvalue weighted by atomic mass is 12.0. The van der Waals surface area contributed by atoms with Gasteiger partial charge in [-0.05, 0) is 19.5 Å². The van der Waals surface area contributed by atoms with Crippen LogP contribution >= 0.6 is 21.2 Å². The summed E-state index contributed by atoms with van der Waals surface area (Å²) in [4.78, 5) is 0. The van der Waals surface area contributed by atoms with Crippen molar-refractivity contribution < 1.29 is 0 Å². The lowest BCUT2D eigenvalue weighted by molar-refractivity contribution is 2.10. The van der Waals surface area contributed by atoms with Crippen molar-refractivity contribution in [1.82, 2.24) is 0 Å². The zero-order chi connectivity index (χ0) is 3.41. The molecule has 0 atom stereocenters. The van der Waals surface area contributed by atoms with Crippen LogP contribution in [0.15, 0.2) is 4.15 Å². The molecule has 0 amide bonds. The smallest absolute Gasteiger partial charge is 0.0145 e. The summed E-state index contributed by atoms with van der Waals surface area (Å²) in [6.07, 6.45) is 0. The van der Waals surface area contributed by atoms with Crippen molar-refractivity contribution in [2.45, 2.75) is 0 Å². The number of thiol groups is 1. The highest BCUT2D eigenvalue weighted by atomic mass is 32.1. The molecule has 4 heavy (non-hydrogen) atoms. The van der Waals surface area contributed by atoms with E-state index in [1.165, 1.54) is 0 Å². The van der Waals surface area contributed by atoms with Crippen LogP contribution in [0.5, 0.6) is 0 Å². The third-order valence-corrected chi connectivity index (χ3v) is 0.805. The summed E-state index contributed by atoms with van der Waals surface area (Å²) < 4.78 is 3.40. The predicted octanol–water partition coefficient (Wildman–Crippen LogP) is 1.59. The molecule has 0 aliphatic heterocycles. The van der Waals surface area contributed by atoms with E-state index in [9.17, 15) is 0 Å². The molecule has 0 saturated carbocycles. The first kappa shape index (κ1) is 4.45. The van der Waals surface area contributed by atoms with Crippen molar-refractivity contribution in [1.29, 1.82) is 0 Å². The first-order valence-electron chi connectivity index (χ1n) is 0.847. The highest BCUT2D eigenvalue weighted by Crippen LogP contribution is 1.89. The molecular formula is CH4NPS. The van der Waals surface area contributed by atoms with Gasteiger partial charge in [0.2, 0.25) is 0 Å². The normalized spacial score (nSPS) is 9.50. The number of hydrogen-bond donors (Lipinski definition) is 1. The van der Waals surface area contributed by atoms with Gasteiger partial charge in [0.05, 0.1) is 0 Å². The number of rotatable bonds is 0. The lowest BCUT2D eigenvalue weighted by Gasteiger charge is -1.49. The average molecular weight is 93.1 g/mol. The maximum atomic E-state index is 3.53. The van der Waals surface area contributed by atoms with Gasteiger partial charge in [0.1, 0.15) is 0 Å². The molecule has 1 nitrogen and oxygen atoms in total. The van der Waals surface area contributed by atoms with Crippen molar-refractivity contribution in [2.75, 3.05) is 6.66 Å². The summed E-state index contributed by atoms with van der Waals surface area (Å²) in [6, 6.07) is 0. The first-order chi connectivity index (χ1) is 1.91. The number of hydrogen-bond acceptors (Lipinski definition) is 1. The molecule has 0 unspecified atom stereocenters. The van der Waals surface area contributed by atoms with Gasteiger partial charge in [0, 0.05) is 8.37 Å². The van der Waals surface area contributed by atoms with Crippen molar-refractivity contribution in [3.63, 3.8) is 0 Å². The summed E-state index contributed by atoms with van der Waals surface area (Å²) in [5.41, 5.74) is 0. The van der Waals surface area contributed by atoms with E-state index in [0.717, 1.165) is 8.37 Å². The van der Waals surface area contributed by atoms with Gasteiger partial charge in [-0.25, -0.2) is 4.15 Å². The van der Waals surface area contributed by atoms with Gasteiger partial charge >= 0.3 is 0 Å². The van der Waals surface area contributed by atoms with Gasteiger partial charge in [-0.15, -0.1) is 0 Å². The monoisotopic (exact) mass is 93.0 g/mol. The van der Waals surface area contributed by atoms with Gasteiger partial charge in [-0.1, -0.05) is 0 Å². The topological polar surface area (TPSA) is 12.4 Å². The molecule has 0 N–H and O–H groups in total. The Balaban J connectivity index is 2.55. The van der Waals surface area contributed by atoms with Crippen LogP contribution in [0.25, 0.3) is 0 Å². The Labute approximate surface area is 32.8 Å². The Morgan fingerprint density at radius 2 is 2.25 bits per heavy atom. The van der Waals surface area contributed by atoms with Gasteiger partial charge in [0.15, 0.2) is 0 Å². The number of nitrogens with zero attached hydrogens (tertiary/aromatic N) is 1.